The minimum absolute atomic E-state index is 0.0398. The molecule has 1 aromatic rings. The SMILES string of the molecule is CNC(=O)CN(C)c1ccc(C(N)=S)c(Br)c1. The summed E-state index contributed by atoms with van der Waals surface area (Å²) >= 11 is 8.32. The zero-order chi connectivity index (χ0) is 13.0. The van der Waals surface area contributed by atoms with E-state index in [0.717, 1.165) is 15.7 Å². The quantitative estimate of drug-likeness (QED) is 0.821. The molecular formula is C11H14BrN3OS. The summed E-state index contributed by atoms with van der Waals surface area (Å²) in [5, 5.41) is 2.58. The van der Waals surface area contributed by atoms with E-state index in [9.17, 15) is 4.79 Å². The average molecular weight is 316 g/mol. The van der Waals surface area contributed by atoms with Crippen LogP contribution in [0.25, 0.3) is 0 Å². The van der Waals surface area contributed by atoms with Crippen molar-refractivity contribution in [2.45, 2.75) is 0 Å². The lowest BCUT2D eigenvalue weighted by molar-refractivity contribution is -0.119. The predicted octanol–water partition coefficient (Wildman–Crippen LogP) is 1.27. The lowest BCUT2D eigenvalue weighted by Crippen LogP contribution is -2.32. The van der Waals surface area contributed by atoms with Crippen molar-refractivity contribution in [1.29, 1.82) is 0 Å². The highest BCUT2D eigenvalue weighted by atomic mass is 79.9. The molecule has 1 aromatic carbocycles. The predicted molar refractivity (Wildman–Crippen MR) is 77.4 cm³/mol. The van der Waals surface area contributed by atoms with Gasteiger partial charge in [0.05, 0.1) is 6.54 Å². The summed E-state index contributed by atoms with van der Waals surface area (Å²) in [6, 6.07) is 5.60. The standard InChI is InChI=1S/C11H14BrN3OS/c1-14-10(16)6-15(2)7-3-4-8(11(13)17)9(12)5-7/h3-5H,6H2,1-2H3,(H2,13,17)(H,14,16). The number of carbonyl (C=O) groups is 1. The molecule has 1 amide bonds. The van der Waals surface area contributed by atoms with E-state index in [1.54, 1.807) is 7.05 Å². The number of thiocarbonyl (C=S) groups is 1. The Hall–Kier alpha value is -1.14. The third kappa shape index (κ3) is 3.67. The summed E-state index contributed by atoms with van der Waals surface area (Å²) in [5.41, 5.74) is 7.27. The Bertz CT molecular complexity index is 450. The van der Waals surface area contributed by atoms with Crippen molar-refractivity contribution in [3.8, 4) is 0 Å². The highest BCUT2D eigenvalue weighted by Crippen LogP contribution is 2.23. The van der Waals surface area contributed by atoms with E-state index in [2.05, 4.69) is 21.2 Å². The van der Waals surface area contributed by atoms with Crippen LogP contribution in [0, 0.1) is 0 Å². The number of likely N-dealkylation sites (N-methyl/N-ethyl adjacent to an activating group) is 2. The molecule has 0 saturated carbocycles. The molecule has 1 rings (SSSR count). The third-order valence-corrected chi connectivity index (χ3v) is 3.19. The molecular weight excluding hydrogens is 302 g/mol. The number of amides is 1. The van der Waals surface area contributed by atoms with Crippen LogP contribution in [0.3, 0.4) is 0 Å². The number of nitrogens with two attached hydrogens (primary N) is 1. The van der Waals surface area contributed by atoms with Gasteiger partial charge in [0.15, 0.2) is 0 Å². The fourth-order valence-electron chi connectivity index (χ4n) is 1.33. The molecule has 4 nitrogen and oxygen atoms in total. The molecule has 0 aliphatic heterocycles. The summed E-state index contributed by atoms with van der Waals surface area (Å²) in [5.74, 6) is -0.0398. The maximum absolute atomic E-state index is 11.3. The van der Waals surface area contributed by atoms with Crippen LogP contribution in [-0.4, -0.2) is 31.5 Å². The van der Waals surface area contributed by atoms with Crippen LogP contribution in [0.5, 0.6) is 0 Å². The molecule has 0 heterocycles. The maximum atomic E-state index is 11.3. The number of benzene rings is 1. The number of anilines is 1. The first kappa shape index (κ1) is 13.9. The summed E-state index contributed by atoms with van der Waals surface area (Å²) in [7, 11) is 3.46. The van der Waals surface area contributed by atoms with Gasteiger partial charge in [0.2, 0.25) is 5.91 Å². The van der Waals surface area contributed by atoms with Gasteiger partial charge in [-0.25, -0.2) is 0 Å². The first-order chi connectivity index (χ1) is 7.95. The Morgan fingerprint density at radius 1 is 1.59 bits per heavy atom. The van der Waals surface area contributed by atoms with Gasteiger partial charge in [-0.2, -0.15) is 0 Å². The van der Waals surface area contributed by atoms with Gasteiger partial charge in [-0.3, -0.25) is 4.79 Å². The summed E-state index contributed by atoms with van der Waals surface area (Å²) in [4.78, 5) is 13.4. The van der Waals surface area contributed by atoms with Crippen molar-refractivity contribution in [3.05, 3.63) is 28.2 Å². The van der Waals surface area contributed by atoms with Crippen LogP contribution in [-0.2, 0) is 4.79 Å². The maximum Gasteiger partial charge on any atom is 0.239 e. The van der Waals surface area contributed by atoms with Crippen LogP contribution in [0.4, 0.5) is 5.69 Å². The first-order valence-electron chi connectivity index (χ1n) is 4.96. The number of rotatable bonds is 4. The molecule has 0 spiro atoms. The number of nitrogens with zero attached hydrogens (tertiary/aromatic N) is 1. The average Bonchev–Trinajstić information content (AvgIpc) is 2.28. The Kier molecular flexibility index (Phi) is 4.89. The van der Waals surface area contributed by atoms with E-state index >= 15 is 0 Å². The normalized spacial score (nSPS) is 9.82. The fourth-order valence-corrected chi connectivity index (χ4v) is 2.22. The van der Waals surface area contributed by atoms with Crippen molar-refractivity contribution in [3.63, 3.8) is 0 Å². The van der Waals surface area contributed by atoms with Gasteiger partial charge in [0.1, 0.15) is 4.99 Å². The molecule has 0 aromatic heterocycles. The van der Waals surface area contributed by atoms with Gasteiger partial charge < -0.3 is 16.0 Å². The summed E-state index contributed by atoms with van der Waals surface area (Å²) in [6.45, 7) is 0.301. The van der Waals surface area contributed by atoms with Gasteiger partial charge in [-0.05, 0) is 34.1 Å². The topological polar surface area (TPSA) is 58.4 Å². The minimum Gasteiger partial charge on any atom is -0.389 e. The molecule has 6 heteroatoms. The molecule has 92 valence electrons. The second kappa shape index (κ2) is 5.97. The summed E-state index contributed by atoms with van der Waals surface area (Å²) < 4.78 is 0.825. The molecule has 0 fully saturated rings. The van der Waals surface area contributed by atoms with Crippen molar-refractivity contribution in [2.24, 2.45) is 5.73 Å². The zero-order valence-electron chi connectivity index (χ0n) is 9.66. The Morgan fingerprint density at radius 2 is 2.24 bits per heavy atom. The molecule has 0 atom stereocenters. The largest absolute Gasteiger partial charge is 0.389 e. The zero-order valence-corrected chi connectivity index (χ0v) is 12.1. The van der Waals surface area contributed by atoms with E-state index < -0.39 is 0 Å². The summed E-state index contributed by atoms with van der Waals surface area (Å²) in [6.07, 6.45) is 0. The van der Waals surface area contributed by atoms with Crippen LogP contribution in [0.1, 0.15) is 5.56 Å². The van der Waals surface area contributed by atoms with Crippen LogP contribution in [0.2, 0.25) is 0 Å². The van der Waals surface area contributed by atoms with Gasteiger partial charge >= 0.3 is 0 Å². The molecule has 17 heavy (non-hydrogen) atoms. The number of carbonyl (C=O) groups excluding carboxylic acids is 1. The lowest BCUT2D eigenvalue weighted by atomic mass is 10.2. The molecule has 0 aliphatic carbocycles. The van der Waals surface area contributed by atoms with Crippen molar-refractivity contribution in [1.82, 2.24) is 5.32 Å². The van der Waals surface area contributed by atoms with E-state index in [0.29, 0.717) is 11.5 Å². The monoisotopic (exact) mass is 315 g/mol. The van der Waals surface area contributed by atoms with Crippen LogP contribution < -0.4 is 16.0 Å². The first-order valence-corrected chi connectivity index (χ1v) is 6.17. The Labute approximate surface area is 114 Å². The Morgan fingerprint density at radius 3 is 2.71 bits per heavy atom. The van der Waals surface area contributed by atoms with Gasteiger partial charge in [-0.1, -0.05) is 12.2 Å². The molecule has 0 bridgehead atoms. The van der Waals surface area contributed by atoms with Crippen molar-refractivity contribution < 1.29 is 4.79 Å². The van der Waals surface area contributed by atoms with Gasteiger partial charge in [0.25, 0.3) is 0 Å². The lowest BCUT2D eigenvalue weighted by Gasteiger charge is -2.19. The molecule has 0 unspecified atom stereocenters. The van der Waals surface area contributed by atoms with E-state index in [1.165, 1.54) is 0 Å². The smallest absolute Gasteiger partial charge is 0.239 e. The van der Waals surface area contributed by atoms with Crippen molar-refractivity contribution >= 4 is 44.7 Å². The van der Waals surface area contributed by atoms with Crippen LogP contribution in [0.15, 0.2) is 22.7 Å². The number of hydrogen-bond donors (Lipinski definition) is 2. The van der Waals surface area contributed by atoms with E-state index in [1.807, 2.05) is 30.1 Å². The number of nitrogens with one attached hydrogen (secondary N) is 1. The second-order valence-electron chi connectivity index (χ2n) is 3.56. The second-order valence-corrected chi connectivity index (χ2v) is 4.85. The highest BCUT2D eigenvalue weighted by Gasteiger charge is 2.09. The minimum atomic E-state index is -0.0398. The van der Waals surface area contributed by atoms with Crippen molar-refractivity contribution in [2.75, 3.05) is 25.5 Å². The van der Waals surface area contributed by atoms with Gasteiger partial charge in [0, 0.05) is 29.8 Å². The highest BCUT2D eigenvalue weighted by molar-refractivity contribution is 9.10. The van der Waals surface area contributed by atoms with Crippen LogP contribution >= 0.6 is 28.1 Å². The fraction of sp³-hybridized carbons (Fsp3) is 0.273. The van der Waals surface area contributed by atoms with Gasteiger partial charge in [-0.15, -0.1) is 0 Å². The number of halogens is 1. The molecule has 3 N–H and O–H groups in total. The molecule has 0 saturated heterocycles. The Balaban J connectivity index is 2.89. The number of hydrogen-bond acceptors (Lipinski definition) is 3. The molecule has 0 aliphatic rings. The third-order valence-electron chi connectivity index (χ3n) is 2.32. The molecule has 0 radical (unpaired) electrons. The van der Waals surface area contributed by atoms with E-state index in [4.69, 9.17) is 18.0 Å². The van der Waals surface area contributed by atoms with E-state index in [-0.39, 0.29) is 5.91 Å².